The van der Waals surface area contributed by atoms with Crippen molar-refractivity contribution in [3.63, 3.8) is 0 Å². The molecule has 0 radical (unpaired) electrons. The van der Waals surface area contributed by atoms with E-state index in [4.69, 9.17) is 9.05 Å². The summed E-state index contributed by atoms with van der Waals surface area (Å²) in [4.78, 5) is 25.2. The van der Waals surface area contributed by atoms with Gasteiger partial charge in [0, 0.05) is 6.42 Å². The number of phosphoric acid groups is 1. The van der Waals surface area contributed by atoms with Crippen LogP contribution in [0.3, 0.4) is 0 Å². The molecule has 60 heavy (non-hydrogen) atoms. The van der Waals surface area contributed by atoms with Gasteiger partial charge in [-0.05, 0) is 77.0 Å². The number of amides is 1. The monoisotopic (exact) mass is 857 g/mol. The molecule has 0 bridgehead atoms. The number of hydrogen-bond acceptors (Lipinski definition) is 6. The first-order valence-corrected chi connectivity index (χ1v) is 25.1. The second kappa shape index (κ2) is 41.8. The fraction of sp³-hybridized carbons (Fsp3) is 0.667. The Hall–Kier alpha value is -2.58. The second-order valence-electron chi connectivity index (χ2n) is 16.7. The molecule has 0 aromatic heterocycles. The van der Waals surface area contributed by atoms with Gasteiger partial charge in [0.15, 0.2) is 0 Å². The van der Waals surface area contributed by atoms with Crippen LogP contribution in [0.25, 0.3) is 0 Å². The van der Waals surface area contributed by atoms with E-state index in [2.05, 4.69) is 104 Å². The number of allylic oxidation sites excluding steroid dienone is 15. The molecule has 3 unspecified atom stereocenters. The lowest BCUT2D eigenvalue weighted by atomic mass is 10.1. The molecule has 1 amide bonds. The minimum atomic E-state index is -4.59. The highest BCUT2D eigenvalue weighted by Crippen LogP contribution is 2.38. The summed E-state index contributed by atoms with van der Waals surface area (Å²) in [6.07, 6.45) is 59.2. The number of likely N-dealkylation sites (N-methyl/N-ethyl adjacent to an activating group) is 1. The molecular formula is C51H89N2O6P. The smallest absolute Gasteiger partial charge is 0.268 e. The fourth-order valence-corrected chi connectivity index (χ4v) is 6.79. The summed E-state index contributed by atoms with van der Waals surface area (Å²) in [5, 5.41) is 13.7. The Balaban J connectivity index is 4.10. The molecule has 2 N–H and O–H groups in total. The third-order valence-corrected chi connectivity index (χ3v) is 10.8. The average molecular weight is 857 g/mol. The van der Waals surface area contributed by atoms with Crippen molar-refractivity contribution in [2.24, 2.45) is 0 Å². The highest BCUT2D eigenvalue weighted by molar-refractivity contribution is 7.45. The van der Waals surface area contributed by atoms with E-state index in [1.165, 1.54) is 57.8 Å². The quantitative estimate of drug-likeness (QED) is 0.0274. The maximum Gasteiger partial charge on any atom is 0.268 e. The van der Waals surface area contributed by atoms with Crippen LogP contribution < -0.4 is 10.2 Å². The zero-order chi connectivity index (χ0) is 44.3. The van der Waals surface area contributed by atoms with Gasteiger partial charge in [0.25, 0.3) is 7.82 Å². The second-order valence-corrected chi connectivity index (χ2v) is 18.1. The molecule has 0 spiro atoms. The highest BCUT2D eigenvalue weighted by atomic mass is 31.2. The van der Waals surface area contributed by atoms with E-state index in [9.17, 15) is 19.4 Å². The predicted molar refractivity (Wildman–Crippen MR) is 256 cm³/mol. The summed E-state index contributed by atoms with van der Waals surface area (Å²) in [5.41, 5.74) is 0. The van der Waals surface area contributed by atoms with Crippen molar-refractivity contribution in [3.8, 4) is 0 Å². The number of nitrogens with one attached hydrogen (secondary N) is 1. The van der Waals surface area contributed by atoms with Crippen LogP contribution in [0.2, 0.25) is 0 Å². The van der Waals surface area contributed by atoms with Gasteiger partial charge >= 0.3 is 0 Å². The van der Waals surface area contributed by atoms with Gasteiger partial charge in [-0.15, -0.1) is 0 Å². The van der Waals surface area contributed by atoms with Crippen LogP contribution in [0, 0.1) is 0 Å². The van der Waals surface area contributed by atoms with E-state index in [0.29, 0.717) is 17.4 Å². The van der Waals surface area contributed by atoms with Gasteiger partial charge in [-0.1, -0.05) is 182 Å². The van der Waals surface area contributed by atoms with Crippen molar-refractivity contribution < 1.29 is 32.9 Å². The van der Waals surface area contributed by atoms with Crippen molar-refractivity contribution in [1.29, 1.82) is 0 Å². The molecule has 0 aromatic carbocycles. The number of unbranched alkanes of at least 4 members (excludes halogenated alkanes) is 14. The van der Waals surface area contributed by atoms with Crippen LogP contribution in [0.1, 0.15) is 168 Å². The summed E-state index contributed by atoms with van der Waals surface area (Å²) >= 11 is 0. The van der Waals surface area contributed by atoms with Gasteiger partial charge in [-0.25, -0.2) is 0 Å². The molecule has 0 fully saturated rings. The Labute approximate surface area is 369 Å². The van der Waals surface area contributed by atoms with Crippen molar-refractivity contribution >= 4 is 13.7 Å². The first kappa shape index (κ1) is 57.4. The topological polar surface area (TPSA) is 108 Å². The molecular weight excluding hydrogens is 768 g/mol. The van der Waals surface area contributed by atoms with E-state index in [-0.39, 0.29) is 19.1 Å². The number of aliphatic hydroxyl groups is 1. The molecule has 0 saturated carbocycles. The van der Waals surface area contributed by atoms with Crippen molar-refractivity contribution in [1.82, 2.24) is 5.32 Å². The summed E-state index contributed by atoms with van der Waals surface area (Å²) in [7, 11) is 1.24. The molecule has 0 saturated heterocycles. The average Bonchev–Trinajstić information content (AvgIpc) is 3.20. The van der Waals surface area contributed by atoms with Gasteiger partial charge in [0.1, 0.15) is 13.2 Å². The summed E-state index contributed by atoms with van der Waals surface area (Å²) in [6, 6.07) is -0.892. The molecule has 0 heterocycles. The molecule has 3 atom stereocenters. The molecule has 0 rings (SSSR count). The van der Waals surface area contributed by atoms with Gasteiger partial charge in [0.2, 0.25) is 5.91 Å². The number of rotatable bonds is 41. The van der Waals surface area contributed by atoms with E-state index in [1.54, 1.807) is 6.08 Å². The van der Waals surface area contributed by atoms with Crippen LogP contribution in [0.4, 0.5) is 0 Å². The first-order chi connectivity index (χ1) is 29.0. The number of hydrogen-bond donors (Lipinski definition) is 2. The van der Waals surface area contributed by atoms with Crippen LogP contribution >= 0.6 is 7.82 Å². The summed E-state index contributed by atoms with van der Waals surface area (Å²) in [6.45, 7) is 4.44. The predicted octanol–water partition coefficient (Wildman–Crippen LogP) is 12.9. The Morgan fingerprint density at radius 3 is 1.48 bits per heavy atom. The summed E-state index contributed by atoms with van der Waals surface area (Å²) in [5.74, 6) is -0.214. The van der Waals surface area contributed by atoms with E-state index >= 15 is 0 Å². The molecule has 0 aliphatic rings. The van der Waals surface area contributed by atoms with Gasteiger partial charge in [0.05, 0.1) is 39.9 Å². The Kier molecular flexibility index (Phi) is 40.0. The van der Waals surface area contributed by atoms with Crippen LogP contribution in [-0.4, -0.2) is 68.5 Å². The minimum Gasteiger partial charge on any atom is -0.756 e. The molecule has 9 heteroatoms. The van der Waals surface area contributed by atoms with E-state index in [1.807, 2.05) is 27.2 Å². The van der Waals surface area contributed by atoms with E-state index < -0.39 is 20.0 Å². The maximum atomic E-state index is 12.8. The number of carbonyl (C=O) groups is 1. The molecule has 8 nitrogen and oxygen atoms in total. The number of nitrogens with zero attached hydrogens (tertiary/aromatic N) is 1. The largest absolute Gasteiger partial charge is 0.756 e. The zero-order valence-corrected chi connectivity index (χ0v) is 39.8. The molecule has 0 aliphatic heterocycles. The molecule has 344 valence electrons. The normalized spacial score (nSPS) is 15.1. The van der Waals surface area contributed by atoms with Crippen LogP contribution in [-0.2, 0) is 18.4 Å². The Bertz CT molecular complexity index is 1290. The van der Waals surface area contributed by atoms with Gasteiger partial charge in [-0.2, -0.15) is 0 Å². The van der Waals surface area contributed by atoms with Crippen molar-refractivity contribution in [2.45, 2.75) is 180 Å². The fourth-order valence-electron chi connectivity index (χ4n) is 6.07. The number of quaternary nitrogens is 1. The highest BCUT2D eigenvalue weighted by Gasteiger charge is 2.23. The van der Waals surface area contributed by atoms with Gasteiger partial charge in [-0.3, -0.25) is 9.36 Å². The Morgan fingerprint density at radius 1 is 0.600 bits per heavy atom. The summed E-state index contributed by atoms with van der Waals surface area (Å²) < 4.78 is 23.1. The molecule has 0 aliphatic carbocycles. The number of phosphoric ester groups is 1. The third kappa shape index (κ3) is 43.5. The standard InChI is InChI=1S/C51H89N2O6P/c1-6-8-10-12-14-15-16-17-18-19-20-21-22-23-24-25-26-27-28-29-30-31-32-33-34-35-36-37-39-41-43-45-51(55)52-49(50(54)44-42-40-38-13-11-9-7-2)48-59-60(56,57)58-47-46-53(3,4)5/h8,10,14-15,17-18,20-21,23-24,26-27,29-30,42,44,49-50,54H,6-7,9,11-13,16,19,22,25,28,31-41,43,45-48H2,1-5H3,(H-,52,55,56,57)/b10-8-,15-14-,18-17-,21-20-,24-23-,27-26-,30-29-,44-42+. The van der Waals surface area contributed by atoms with Gasteiger partial charge < -0.3 is 28.8 Å². The Morgan fingerprint density at radius 2 is 1.02 bits per heavy atom. The maximum absolute atomic E-state index is 12.8. The lowest BCUT2D eigenvalue weighted by Gasteiger charge is -2.29. The van der Waals surface area contributed by atoms with Crippen molar-refractivity contribution in [2.75, 3.05) is 40.9 Å². The van der Waals surface area contributed by atoms with Crippen LogP contribution in [0.15, 0.2) is 97.2 Å². The van der Waals surface area contributed by atoms with Crippen LogP contribution in [0.5, 0.6) is 0 Å². The zero-order valence-electron chi connectivity index (χ0n) is 38.9. The first-order valence-electron chi connectivity index (χ1n) is 23.6. The lowest BCUT2D eigenvalue weighted by Crippen LogP contribution is -2.45. The van der Waals surface area contributed by atoms with Crippen molar-refractivity contribution in [3.05, 3.63) is 97.2 Å². The minimum absolute atomic E-state index is 0.00771. The number of aliphatic hydroxyl groups excluding tert-OH is 1. The third-order valence-electron chi connectivity index (χ3n) is 9.80. The molecule has 0 aromatic rings. The van der Waals surface area contributed by atoms with E-state index in [0.717, 1.165) is 89.9 Å². The lowest BCUT2D eigenvalue weighted by molar-refractivity contribution is -0.870. The number of carbonyl (C=O) groups excluding carboxylic acids is 1. The SMILES string of the molecule is CC/C=C\C/C=C\C/C=C\C/C=C\C/C=C\C/C=C\C/C=C\CCCCCCCCCCCC(=O)NC(COP(=O)([O-])OCC[N+](C)(C)C)C(O)/C=C/CCCCCCC.